The maximum Gasteiger partial charge on any atom is 0.269 e. The van der Waals surface area contributed by atoms with Crippen molar-refractivity contribution >= 4 is 155 Å². The van der Waals surface area contributed by atoms with Crippen LogP contribution in [0.3, 0.4) is 0 Å². The van der Waals surface area contributed by atoms with E-state index in [-0.39, 0.29) is 46.4 Å². The molecule has 0 radical (unpaired) electrons. The molecule has 0 aromatic heterocycles. The molecule has 11 N–H and O–H groups in total. The Bertz CT molecular complexity index is 4280. The molecule has 0 aliphatic rings. The number of halogens is 5. The SMILES string of the molecule is COOCNc1cccc2c(O)c(C(N)=O)cc(Br)c12.Cc1cc(Br)c2ccccc2c1O.Cc1cc(Cl)c2ccccc2c1O.NC(=O)c1cc(Cl)c2ccccc2c1O.O=C(Nc1ccc([N+](=O)[O-])cc1)c1cc(Cl)c2ccccc2c1O. The van der Waals surface area contributed by atoms with Gasteiger partial charge in [-0.2, -0.15) is 0 Å². The van der Waals surface area contributed by atoms with Gasteiger partial charge in [0.1, 0.15) is 28.7 Å². The van der Waals surface area contributed by atoms with Crippen LogP contribution in [0, 0.1) is 24.0 Å². The van der Waals surface area contributed by atoms with Gasteiger partial charge >= 0.3 is 0 Å². The second-order valence-electron chi connectivity index (χ2n) is 18.3. The van der Waals surface area contributed by atoms with Crippen molar-refractivity contribution in [2.45, 2.75) is 13.8 Å². The Morgan fingerprint density at radius 3 is 1.41 bits per heavy atom. The number of rotatable bonds is 9. The number of nitro benzene ring substituents is 1. The minimum atomic E-state index is -0.694. The van der Waals surface area contributed by atoms with Crippen LogP contribution < -0.4 is 22.1 Å². The first-order valence-corrected chi connectivity index (χ1v) is 27.8. The minimum Gasteiger partial charge on any atom is -0.507 e. The van der Waals surface area contributed by atoms with E-state index in [4.69, 9.17) is 51.2 Å². The molecule has 0 fully saturated rings. The topological polar surface area (TPSA) is 290 Å². The molecule has 0 atom stereocenters. The van der Waals surface area contributed by atoms with Crippen molar-refractivity contribution in [3.63, 3.8) is 0 Å². The molecule has 0 aliphatic carbocycles. The number of carbonyl (C=O) groups excluding carboxylic acids is 3. The maximum absolute atomic E-state index is 12.4. The number of hydrogen-bond donors (Lipinski definition) is 9. The molecule has 0 saturated heterocycles. The van der Waals surface area contributed by atoms with Gasteiger partial charge in [-0.3, -0.25) is 24.5 Å². The number of aromatic hydroxyl groups is 5. The van der Waals surface area contributed by atoms with Crippen LogP contribution in [0.2, 0.25) is 15.1 Å². The third-order valence-corrected chi connectivity index (χ3v) is 15.1. The molecular weight excluding hydrogens is 1280 g/mol. The molecule has 11 rings (SSSR count). The Morgan fingerprint density at radius 2 is 0.918 bits per heavy atom. The number of anilines is 2. The lowest BCUT2D eigenvalue weighted by Gasteiger charge is -2.13. The van der Waals surface area contributed by atoms with Gasteiger partial charge in [-0.1, -0.05) is 176 Å². The molecule has 0 unspecified atom stereocenters. The Hall–Kier alpha value is -8.92. The van der Waals surface area contributed by atoms with E-state index in [2.05, 4.69) is 47.4 Å². The van der Waals surface area contributed by atoms with Crippen LogP contribution in [0.15, 0.2) is 179 Å². The quantitative estimate of drug-likeness (QED) is 0.0214. The number of amides is 3. The molecule has 0 spiro atoms. The first-order chi connectivity index (χ1) is 40.5. The number of non-ortho nitro benzene ring substituents is 1. The molecule has 85 heavy (non-hydrogen) atoms. The first-order valence-electron chi connectivity index (χ1n) is 25.1. The van der Waals surface area contributed by atoms with Crippen molar-refractivity contribution in [2.75, 3.05) is 24.5 Å². The Balaban J connectivity index is 0.000000155. The lowest BCUT2D eigenvalue weighted by Crippen LogP contribution is -2.12. The number of primary amides is 2. The van der Waals surface area contributed by atoms with E-state index in [1.807, 2.05) is 74.5 Å². The van der Waals surface area contributed by atoms with Gasteiger partial charge in [-0.05, 0) is 78.9 Å². The summed E-state index contributed by atoms with van der Waals surface area (Å²) in [5.41, 5.74) is 13.2. The second-order valence-corrected chi connectivity index (χ2v) is 21.2. The molecule has 0 saturated carbocycles. The molecule has 0 heterocycles. The number of phenols is 5. The summed E-state index contributed by atoms with van der Waals surface area (Å²) >= 11 is 25.0. The number of benzene rings is 11. The molecule has 11 aromatic carbocycles. The average molecular weight is 1340 g/mol. The Morgan fingerprint density at radius 1 is 0.518 bits per heavy atom. The van der Waals surface area contributed by atoms with Crippen molar-refractivity contribution in [3.8, 4) is 28.7 Å². The monoisotopic (exact) mass is 1330 g/mol. The van der Waals surface area contributed by atoms with Crippen molar-refractivity contribution in [2.24, 2.45) is 11.5 Å². The molecule has 17 nitrogen and oxygen atoms in total. The van der Waals surface area contributed by atoms with Crippen molar-refractivity contribution in [1.29, 1.82) is 0 Å². The van der Waals surface area contributed by atoms with Crippen molar-refractivity contribution in [3.05, 3.63) is 232 Å². The van der Waals surface area contributed by atoms with Gasteiger partial charge in [-0.15, -0.1) is 0 Å². The highest BCUT2D eigenvalue weighted by atomic mass is 79.9. The summed E-state index contributed by atoms with van der Waals surface area (Å²) in [6.45, 7) is 3.88. The fourth-order valence-electron chi connectivity index (χ4n) is 8.67. The zero-order chi connectivity index (χ0) is 61.8. The summed E-state index contributed by atoms with van der Waals surface area (Å²) in [5, 5.41) is 74.6. The highest BCUT2D eigenvalue weighted by Gasteiger charge is 2.19. The van der Waals surface area contributed by atoms with Gasteiger partial charge in [-0.25, -0.2) is 9.78 Å². The molecule has 22 heteroatoms. The van der Waals surface area contributed by atoms with Gasteiger partial charge in [0, 0.05) is 96.0 Å². The fourth-order valence-corrected chi connectivity index (χ4v) is 10.9. The number of aryl methyl sites for hydroxylation is 2. The highest BCUT2D eigenvalue weighted by molar-refractivity contribution is 9.11. The number of fused-ring (bicyclic) bond motifs is 5. The molecule has 11 aromatic rings. The third-order valence-electron chi connectivity index (χ3n) is 12.9. The number of nitrogens with two attached hydrogens (primary N) is 2. The number of carbonyl (C=O) groups is 3. The van der Waals surface area contributed by atoms with E-state index in [1.54, 1.807) is 66.7 Å². The zero-order valence-electron chi connectivity index (χ0n) is 45.0. The van der Waals surface area contributed by atoms with E-state index in [9.17, 15) is 50.0 Å². The van der Waals surface area contributed by atoms with Gasteiger partial charge in [0.25, 0.3) is 23.4 Å². The number of nitro groups is 1. The zero-order valence-corrected chi connectivity index (χ0v) is 50.4. The van der Waals surface area contributed by atoms with Gasteiger partial charge in [0.2, 0.25) is 0 Å². The van der Waals surface area contributed by atoms with E-state index in [0.717, 1.165) is 48.2 Å². The number of phenolic OH excluding ortho intramolecular Hbond substituents is 3. The van der Waals surface area contributed by atoms with Crippen molar-refractivity contribution in [1.82, 2.24) is 0 Å². The molecular formula is C63H50Br2Cl3N5O12. The van der Waals surface area contributed by atoms with Crippen LogP contribution in [0.4, 0.5) is 17.1 Å². The molecule has 0 aliphatic heterocycles. The number of hydrogen-bond acceptors (Lipinski definition) is 13. The largest absolute Gasteiger partial charge is 0.507 e. The molecule has 0 bridgehead atoms. The first kappa shape index (κ1) is 63.7. The smallest absolute Gasteiger partial charge is 0.269 e. The summed E-state index contributed by atoms with van der Waals surface area (Å²) in [7, 11) is 1.41. The van der Waals surface area contributed by atoms with Gasteiger partial charge in [0.15, 0.2) is 6.73 Å². The Labute approximate surface area is 516 Å². The summed E-state index contributed by atoms with van der Waals surface area (Å²) in [6.07, 6.45) is 0. The van der Waals surface area contributed by atoms with E-state index < -0.39 is 22.6 Å². The fraction of sp³-hybridized carbons (Fsp3) is 0.0635. The van der Waals surface area contributed by atoms with E-state index >= 15 is 0 Å². The number of nitrogens with one attached hydrogen (secondary N) is 2. The number of nitrogens with zero attached hydrogens (tertiary/aromatic N) is 1. The minimum absolute atomic E-state index is 0.0250. The lowest BCUT2D eigenvalue weighted by molar-refractivity contribution is -0.384. The third kappa shape index (κ3) is 14.9. The van der Waals surface area contributed by atoms with Crippen LogP contribution >= 0.6 is 66.7 Å². The summed E-state index contributed by atoms with van der Waals surface area (Å²) < 4.78 is 1.66. The molecule has 3 amide bonds. The van der Waals surface area contributed by atoms with Crippen LogP contribution in [0.1, 0.15) is 42.2 Å². The Kier molecular flexibility index (Phi) is 21.4. The maximum atomic E-state index is 12.4. The van der Waals surface area contributed by atoms with Crippen LogP contribution in [0.25, 0.3) is 53.9 Å². The lowest BCUT2D eigenvalue weighted by atomic mass is 10.0. The standard InChI is InChI=1S/C17H11ClN2O4.C13H13BrN2O4.C11H9BrO.C11H8ClNO2.C11H9ClO/c18-15-9-14(16(21)13-4-2-1-3-12(13)15)17(22)19-10-5-7-11(8-6-10)20(23)24;1-19-20-6-16-10-4-2-3-7-11(10)9(14)5-8(12(7)17)13(15)18;1-7-6-10(12)8-4-2-3-5-9(8)11(7)13;12-9-5-8(11(13)15)10(14)7-4-2-1-3-6(7)9;1-7-6-10(12)8-4-2-3-5-9(8)11(7)13/h1-9,21H,(H,19,22);2-5,16-17H,6H2,1H3,(H2,15,18);2-6,13H,1H3;1-5,14H,(H2,13,15);2-6,13H,1H3. The normalized spacial score (nSPS) is 10.6. The van der Waals surface area contributed by atoms with Gasteiger partial charge < -0.3 is 47.6 Å². The van der Waals surface area contributed by atoms with Gasteiger partial charge in [0.05, 0.1) is 28.7 Å². The summed E-state index contributed by atoms with van der Waals surface area (Å²) in [5.74, 6) is -1.69. The van der Waals surface area contributed by atoms with E-state index in [1.165, 1.54) is 49.6 Å². The average Bonchev–Trinajstić information content (AvgIpc) is 2.46. The van der Waals surface area contributed by atoms with Crippen LogP contribution in [0.5, 0.6) is 28.7 Å². The van der Waals surface area contributed by atoms with Crippen LogP contribution in [-0.2, 0) is 9.78 Å². The highest BCUT2D eigenvalue weighted by Crippen LogP contribution is 2.40. The predicted octanol–water partition coefficient (Wildman–Crippen LogP) is 16.1. The van der Waals surface area contributed by atoms with E-state index in [0.29, 0.717) is 63.7 Å². The van der Waals surface area contributed by atoms with Crippen LogP contribution in [-0.4, -0.2) is 62.0 Å². The molecule has 434 valence electrons. The summed E-state index contributed by atoms with van der Waals surface area (Å²) in [6, 6.07) is 47.9. The van der Waals surface area contributed by atoms with Crippen molar-refractivity contribution < 1.29 is 54.6 Å². The second kappa shape index (κ2) is 28.6. The summed E-state index contributed by atoms with van der Waals surface area (Å²) in [4.78, 5) is 54.1. The predicted molar refractivity (Wildman–Crippen MR) is 343 cm³/mol.